The Morgan fingerprint density at radius 3 is 2.88 bits per heavy atom. The van der Waals surface area contributed by atoms with E-state index in [2.05, 4.69) is 0 Å². The van der Waals surface area contributed by atoms with Gasteiger partial charge in [0, 0.05) is 11.4 Å². The first-order chi connectivity index (χ1) is 7.69. The summed E-state index contributed by atoms with van der Waals surface area (Å²) in [4.78, 5) is 0.527. The highest BCUT2D eigenvalue weighted by atomic mass is 32.2. The first-order valence-corrected chi connectivity index (χ1v) is 6.47. The first kappa shape index (κ1) is 13.0. The molecule has 0 saturated carbocycles. The lowest BCUT2D eigenvalue weighted by atomic mass is 10.3. The van der Waals surface area contributed by atoms with Crippen molar-refractivity contribution in [2.45, 2.75) is 18.2 Å². The van der Waals surface area contributed by atoms with Crippen molar-refractivity contribution in [1.29, 1.82) is 0 Å². The Hall–Kier alpha value is -1.10. The highest BCUT2D eigenvalue weighted by molar-refractivity contribution is 7.85. The zero-order chi connectivity index (χ0) is 12.0. The van der Waals surface area contributed by atoms with Crippen LogP contribution >= 0.6 is 0 Å². The van der Waals surface area contributed by atoms with E-state index in [9.17, 15) is 8.60 Å². The second kappa shape index (κ2) is 6.48. The topological polar surface area (TPSA) is 52.3 Å². The van der Waals surface area contributed by atoms with Crippen molar-refractivity contribution < 1.29 is 13.3 Å². The Labute approximate surface area is 97.2 Å². The molecule has 16 heavy (non-hydrogen) atoms. The van der Waals surface area contributed by atoms with E-state index in [0.717, 1.165) is 0 Å². The highest BCUT2D eigenvalue weighted by Gasteiger charge is 2.09. The molecule has 0 aliphatic rings. The largest absolute Gasteiger partial charge is 0.494 e. The van der Waals surface area contributed by atoms with Gasteiger partial charge in [0.2, 0.25) is 0 Å². The molecule has 1 aromatic rings. The molecular weight excluding hydrogens is 229 g/mol. The Morgan fingerprint density at radius 2 is 2.25 bits per heavy atom. The Balaban J connectivity index is 2.84. The molecule has 0 amide bonds. The van der Waals surface area contributed by atoms with Crippen LogP contribution in [0.3, 0.4) is 0 Å². The van der Waals surface area contributed by atoms with Gasteiger partial charge in [-0.2, -0.15) is 0 Å². The molecule has 2 N–H and O–H groups in total. The number of ether oxygens (including phenoxy) is 1. The van der Waals surface area contributed by atoms with Crippen LogP contribution in [0.25, 0.3) is 0 Å². The van der Waals surface area contributed by atoms with E-state index in [1.165, 1.54) is 0 Å². The average molecular weight is 245 g/mol. The monoisotopic (exact) mass is 245 g/mol. The lowest BCUT2D eigenvalue weighted by Crippen LogP contribution is -2.03. The van der Waals surface area contributed by atoms with Crippen molar-refractivity contribution in [3.05, 3.63) is 18.2 Å². The Bertz CT molecular complexity index is 371. The number of benzene rings is 1. The van der Waals surface area contributed by atoms with E-state index >= 15 is 0 Å². The van der Waals surface area contributed by atoms with E-state index in [1.54, 1.807) is 18.2 Å². The zero-order valence-corrected chi connectivity index (χ0v) is 10.1. The van der Waals surface area contributed by atoms with Crippen LogP contribution in [0.15, 0.2) is 23.1 Å². The summed E-state index contributed by atoms with van der Waals surface area (Å²) in [6.07, 6.45) is 0.283. The normalized spacial score (nSPS) is 12.4. The molecule has 0 aromatic heterocycles. The molecule has 0 bridgehead atoms. The number of nitrogen functional groups attached to an aromatic ring is 1. The van der Waals surface area contributed by atoms with Crippen LogP contribution in [0.1, 0.15) is 13.3 Å². The fraction of sp³-hybridized carbons (Fsp3) is 0.455. The van der Waals surface area contributed by atoms with Crippen molar-refractivity contribution in [2.75, 3.05) is 24.8 Å². The lowest BCUT2D eigenvalue weighted by Gasteiger charge is -2.08. The molecule has 0 fully saturated rings. The van der Waals surface area contributed by atoms with Gasteiger partial charge in [0.15, 0.2) is 0 Å². The Morgan fingerprint density at radius 1 is 1.50 bits per heavy atom. The van der Waals surface area contributed by atoms with Gasteiger partial charge in [0.05, 0.1) is 29.0 Å². The molecular formula is C11H16FNO2S. The van der Waals surface area contributed by atoms with Crippen LogP contribution < -0.4 is 10.5 Å². The van der Waals surface area contributed by atoms with Gasteiger partial charge < -0.3 is 10.5 Å². The smallest absolute Gasteiger partial charge is 0.120 e. The minimum atomic E-state index is -1.25. The van der Waals surface area contributed by atoms with Crippen LogP contribution in [-0.4, -0.2) is 23.2 Å². The molecule has 1 unspecified atom stereocenters. The zero-order valence-electron chi connectivity index (χ0n) is 9.24. The number of anilines is 1. The molecule has 0 radical (unpaired) electrons. The molecule has 0 saturated heterocycles. The lowest BCUT2D eigenvalue weighted by molar-refractivity contribution is 0.339. The van der Waals surface area contributed by atoms with E-state index in [-0.39, 0.29) is 12.2 Å². The summed E-state index contributed by atoms with van der Waals surface area (Å²) < 4.78 is 29.1. The summed E-state index contributed by atoms with van der Waals surface area (Å²) in [6, 6.07) is 5.05. The minimum absolute atomic E-state index is 0.283. The summed E-state index contributed by atoms with van der Waals surface area (Å²) in [5, 5.41) is 0. The van der Waals surface area contributed by atoms with Crippen molar-refractivity contribution >= 4 is 16.5 Å². The Kier molecular flexibility index (Phi) is 5.25. The maximum absolute atomic E-state index is 12.0. The van der Waals surface area contributed by atoms with Gasteiger partial charge in [-0.15, -0.1) is 0 Å². The molecule has 1 atom stereocenters. The maximum atomic E-state index is 12.0. The van der Waals surface area contributed by atoms with E-state index in [0.29, 0.717) is 22.9 Å². The fourth-order valence-corrected chi connectivity index (χ4v) is 2.43. The predicted molar refractivity (Wildman–Crippen MR) is 63.9 cm³/mol. The molecule has 3 nitrogen and oxygen atoms in total. The van der Waals surface area contributed by atoms with Crippen molar-refractivity contribution in [1.82, 2.24) is 0 Å². The highest BCUT2D eigenvalue weighted by Crippen LogP contribution is 2.23. The summed E-state index contributed by atoms with van der Waals surface area (Å²) in [5.41, 5.74) is 6.17. The summed E-state index contributed by atoms with van der Waals surface area (Å²) in [5.74, 6) is 0.927. The van der Waals surface area contributed by atoms with Crippen LogP contribution in [-0.2, 0) is 10.8 Å². The molecule has 1 rings (SSSR count). The van der Waals surface area contributed by atoms with Gasteiger partial charge in [-0.25, -0.2) is 0 Å². The number of rotatable bonds is 6. The third kappa shape index (κ3) is 3.48. The molecule has 1 aromatic carbocycles. The van der Waals surface area contributed by atoms with Crippen molar-refractivity contribution in [2.24, 2.45) is 0 Å². The third-order valence-corrected chi connectivity index (χ3v) is 3.51. The fourth-order valence-electron chi connectivity index (χ4n) is 1.26. The van der Waals surface area contributed by atoms with Crippen LogP contribution in [0, 0.1) is 0 Å². The number of hydrogen-bond donors (Lipinski definition) is 1. The predicted octanol–water partition coefficient (Wildman–Crippen LogP) is 2.13. The molecule has 0 aliphatic heterocycles. The van der Waals surface area contributed by atoms with E-state index in [1.807, 2.05) is 6.92 Å². The number of halogens is 1. The van der Waals surface area contributed by atoms with Crippen molar-refractivity contribution in [3.8, 4) is 5.75 Å². The quantitative estimate of drug-likeness (QED) is 0.781. The SMILES string of the molecule is CCOc1ccc(N)c(S(=O)CCCF)c1. The maximum Gasteiger partial charge on any atom is 0.120 e. The summed E-state index contributed by atoms with van der Waals surface area (Å²) in [7, 11) is -1.25. The molecule has 0 heterocycles. The van der Waals surface area contributed by atoms with Gasteiger partial charge in [-0.3, -0.25) is 8.60 Å². The van der Waals surface area contributed by atoms with Gasteiger partial charge in [-0.1, -0.05) is 0 Å². The molecule has 5 heteroatoms. The number of alkyl halides is 1. The van der Waals surface area contributed by atoms with E-state index < -0.39 is 17.5 Å². The van der Waals surface area contributed by atoms with Crippen LogP contribution in [0.5, 0.6) is 5.75 Å². The summed E-state index contributed by atoms with van der Waals surface area (Å²) >= 11 is 0. The van der Waals surface area contributed by atoms with Crippen LogP contribution in [0.4, 0.5) is 10.1 Å². The van der Waals surface area contributed by atoms with Gasteiger partial charge in [0.1, 0.15) is 5.75 Å². The average Bonchev–Trinajstić information content (AvgIpc) is 2.29. The van der Waals surface area contributed by atoms with Crippen LogP contribution in [0.2, 0.25) is 0 Å². The standard InChI is InChI=1S/C11H16FNO2S/c1-2-15-9-4-5-10(13)11(8-9)16(14)7-3-6-12/h4-5,8H,2-3,6-7,13H2,1H3. The minimum Gasteiger partial charge on any atom is -0.494 e. The second-order valence-electron chi connectivity index (χ2n) is 3.22. The van der Waals surface area contributed by atoms with Gasteiger partial charge in [0.25, 0.3) is 0 Å². The van der Waals surface area contributed by atoms with Gasteiger partial charge >= 0.3 is 0 Å². The number of nitrogens with two attached hydrogens (primary N) is 1. The van der Waals surface area contributed by atoms with Gasteiger partial charge in [-0.05, 0) is 31.5 Å². The molecule has 90 valence electrons. The molecule has 0 aliphatic carbocycles. The summed E-state index contributed by atoms with van der Waals surface area (Å²) in [6.45, 7) is 1.95. The second-order valence-corrected chi connectivity index (χ2v) is 4.76. The number of hydrogen-bond acceptors (Lipinski definition) is 3. The third-order valence-electron chi connectivity index (χ3n) is 2.00. The van der Waals surface area contributed by atoms with E-state index in [4.69, 9.17) is 10.5 Å². The van der Waals surface area contributed by atoms with Crippen molar-refractivity contribution in [3.63, 3.8) is 0 Å². The first-order valence-electron chi connectivity index (χ1n) is 5.15. The molecule has 0 spiro atoms.